The lowest BCUT2D eigenvalue weighted by molar-refractivity contribution is 0.0412. The van der Waals surface area contributed by atoms with Crippen LogP contribution < -0.4 is 0 Å². The van der Waals surface area contributed by atoms with Crippen molar-refractivity contribution in [2.45, 2.75) is 92.9 Å². The highest BCUT2D eigenvalue weighted by molar-refractivity contribution is 5.91. The van der Waals surface area contributed by atoms with Crippen LogP contribution in [0.2, 0.25) is 0 Å². The maximum absolute atomic E-state index is 12.3. The highest BCUT2D eigenvalue weighted by Crippen LogP contribution is 2.15. The van der Waals surface area contributed by atoms with Gasteiger partial charge in [-0.1, -0.05) is 86.1 Å². The summed E-state index contributed by atoms with van der Waals surface area (Å²) in [4.78, 5) is 28.8. The van der Waals surface area contributed by atoms with Crippen LogP contribution in [0.15, 0.2) is 18.2 Å². The lowest BCUT2D eigenvalue weighted by Gasteiger charge is -2.15. The topological polar surface area (TPSA) is 65.5 Å². The summed E-state index contributed by atoms with van der Waals surface area (Å²) in [5.74, 6) is -0.241. The number of unbranched alkanes of at least 4 members (excludes halogenated alkanes) is 2. The van der Waals surface area contributed by atoms with Gasteiger partial charge in [-0.15, -0.1) is 0 Å². The summed E-state index contributed by atoms with van der Waals surface area (Å²) in [6.45, 7) is 13.3. The van der Waals surface area contributed by atoms with Crippen molar-refractivity contribution in [3.05, 3.63) is 29.6 Å². The molecule has 0 bridgehead atoms. The zero-order valence-electron chi connectivity index (χ0n) is 20.0. The molecule has 0 aliphatic rings. The molecule has 172 valence electrons. The highest BCUT2D eigenvalue weighted by Gasteiger charge is 2.17. The maximum atomic E-state index is 12.3. The first-order chi connectivity index (χ1) is 14.5. The van der Waals surface area contributed by atoms with Gasteiger partial charge in [0.1, 0.15) is 11.4 Å². The number of nitrogens with zero attached hydrogens (tertiary/aromatic N) is 1. The molecule has 2 atom stereocenters. The number of pyridine rings is 1. The Labute approximate surface area is 184 Å². The molecule has 0 amide bonds. The van der Waals surface area contributed by atoms with Crippen LogP contribution >= 0.6 is 0 Å². The predicted octanol–water partition coefficient (Wildman–Crippen LogP) is 6.85. The van der Waals surface area contributed by atoms with Crippen molar-refractivity contribution in [2.75, 3.05) is 13.2 Å². The van der Waals surface area contributed by atoms with Crippen molar-refractivity contribution in [2.24, 2.45) is 11.8 Å². The second-order valence-corrected chi connectivity index (χ2v) is 7.44. The molecule has 5 nitrogen and oxygen atoms in total. The van der Waals surface area contributed by atoms with Crippen LogP contribution in [0.5, 0.6) is 0 Å². The van der Waals surface area contributed by atoms with E-state index in [4.69, 9.17) is 9.47 Å². The molecule has 1 heterocycles. The number of hydrogen-bond acceptors (Lipinski definition) is 5. The molecule has 5 heteroatoms. The minimum absolute atomic E-state index is 0.151. The number of hydrogen-bond donors (Lipinski definition) is 0. The van der Waals surface area contributed by atoms with E-state index in [1.54, 1.807) is 18.2 Å². The van der Waals surface area contributed by atoms with Crippen LogP contribution in [-0.4, -0.2) is 30.1 Å². The van der Waals surface area contributed by atoms with Gasteiger partial charge in [0.05, 0.1) is 13.2 Å². The molecule has 0 spiro atoms. The molecular weight excluding hydrogens is 378 g/mol. The smallest absolute Gasteiger partial charge is 0.356 e. The summed E-state index contributed by atoms with van der Waals surface area (Å²) in [7, 11) is 0. The third-order valence-electron chi connectivity index (χ3n) is 5.15. The minimum Gasteiger partial charge on any atom is -0.461 e. The van der Waals surface area contributed by atoms with E-state index in [1.807, 2.05) is 13.8 Å². The van der Waals surface area contributed by atoms with Gasteiger partial charge in [-0.05, 0) is 36.8 Å². The first-order valence-corrected chi connectivity index (χ1v) is 11.9. The predicted molar refractivity (Wildman–Crippen MR) is 123 cm³/mol. The van der Waals surface area contributed by atoms with E-state index in [0.29, 0.717) is 25.0 Å². The molecule has 0 aliphatic carbocycles. The third kappa shape index (κ3) is 11.3. The van der Waals surface area contributed by atoms with E-state index in [9.17, 15) is 9.59 Å². The Bertz CT molecular complexity index is 541. The fraction of sp³-hybridized carbons (Fsp3) is 0.720. The first kappa shape index (κ1) is 28.1. The van der Waals surface area contributed by atoms with Crippen LogP contribution in [0.25, 0.3) is 0 Å². The summed E-state index contributed by atoms with van der Waals surface area (Å²) in [5, 5.41) is 0. The largest absolute Gasteiger partial charge is 0.461 e. The zero-order valence-corrected chi connectivity index (χ0v) is 20.0. The van der Waals surface area contributed by atoms with Gasteiger partial charge in [0.25, 0.3) is 0 Å². The van der Waals surface area contributed by atoms with E-state index in [-0.39, 0.29) is 11.4 Å². The van der Waals surface area contributed by atoms with E-state index in [0.717, 1.165) is 51.4 Å². The van der Waals surface area contributed by atoms with Gasteiger partial charge in [-0.2, -0.15) is 0 Å². The molecule has 1 rings (SSSR count). The Morgan fingerprint density at radius 1 is 0.800 bits per heavy atom. The molecule has 0 saturated carbocycles. The fourth-order valence-corrected chi connectivity index (χ4v) is 2.99. The van der Waals surface area contributed by atoms with Crippen molar-refractivity contribution in [3.8, 4) is 0 Å². The molecule has 0 radical (unpaired) electrons. The quantitative estimate of drug-likeness (QED) is 0.307. The van der Waals surface area contributed by atoms with Crippen molar-refractivity contribution in [1.82, 2.24) is 4.98 Å². The second-order valence-electron chi connectivity index (χ2n) is 7.44. The van der Waals surface area contributed by atoms with Crippen molar-refractivity contribution < 1.29 is 19.1 Å². The van der Waals surface area contributed by atoms with Gasteiger partial charge in [0.2, 0.25) is 0 Å². The lowest BCUT2D eigenvalue weighted by Crippen LogP contribution is -2.18. The maximum Gasteiger partial charge on any atom is 0.356 e. The average Bonchev–Trinajstić information content (AvgIpc) is 2.80. The van der Waals surface area contributed by atoms with Crippen LogP contribution in [0.1, 0.15) is 114 Å². The van der Waals surface area contributed by atoms with Gasteiger partial charge in [0, 0.05) is 0 Å². The Morgan fingerprint density at radius 3 is 1.53 bits per heavy atom. The number of aromatic nitrogens is 1. The van der Waals surface area contributed by atoms with Crippen LogP contribution in [-0.2, 0) is 9.47 Å². The molecule has 1 aromatic heterocycles. The molecule has 0 aromatic carbocycles. The summed E-state index contributed by atoms with van der Waals surface area (Å²) in [5.41, 5.74) is 0.302. The highest BCUT2D eigenvalue weighted by atomic mass is 16.5. The number of carbonyl (C=O) groups is 2. The number of ether oxygens (including phenoxy) is 2. The first-order valence-electron chi connectivity index (χ1n) is 11.9. The zero-order chi connectivity index (χ0) is 22.8. The van der Waals surface area contributed by atoms with E-state index in [2.05, 4.69) is 32.7 Å². The monoisotopic (exact) mass is 421 g/mol. The number of rotatable bonds is 14. The number of carbonyl (C=O) groups excluding carboxylic acids is 2. The van der Waals surface area contributed by atoms with E-state index >= 15 is 0 Å². The van der Waals surface area contributed by atoms with Crippen LogP contribution in [0.3, 0.4) is 0 Å². The van der Waals surface area contributed by atoms with E-state index < -0.39 is 11.9 Å². The van der Waals surface area contributed by atoms with Gasteiger partial charge >= 0.3 is 11.9 Å². The Balaban J connectivity index is 0.00000407. The third-order valence-corrected chi connectivity index (χ3v) is 5.15. The van der Waals surface area contributed by atoms with Crippen LogP contribution in [0.4, 0.5) is 0 Å². The molecule has 30 heavy (non-hydrogen) atoms. The summed E-state index contributed by atoms with van der Waals surface area (Å²) in [6, 6.07) is 4.79. The van der Waals surface area contributed by atoms with Gasteiger partial charge in [0.15, 0.2) is 0 Å². The lowest BCUT2D eigenvalue weighted by atomic mass is 10.0. The summed E-state index contributed by atoms with van der Waals surface area (Å²) in [6.07, 6.45) is 8.58. The van der Waals surface area contributed by atoms with Crippen molar-refractivity contribution in [3.63, 3.8) is 0 Å². The molecule has 0 N–H and O–H groups in total. The second kappa shape index (κ2) is 17.9. The molecular formula is C25H43NO4. The van der Waals surface area contributed by atoms with Crippen molar-refractivity contribution >= 4 is 11.9 Å². The molecule has 0 fully saturated rings. The Hall–Kier alpha value is -1.91. The molecule has 1 aromatic rings. The molecule has 0 saturated heterocycles. The fourth-order valence-electron chi connectivity index (χ4n) is 2.99. The average molecular weight is 422 g/mol. The van der Waals surface area contributed by atoms with Crippen LogP contribution in [0, 0.1) is 11.8 Å². The molecule has 2 unspecified atom stereocenters. The Kier molecular flexibility index (Phi) is 16.8. The standard InChI is InChI=1S/C23H37NO4.C2H6/c1-5-9-12-18(7-3)16-27-22(25)20-14-11-15-21(24-20)23(26)28-17-19(8-4)13-10-6-2;1-2/h11,14-15,18-19H,5-10,12-13,16-17H2,1-4H3;1-2H3. The number of esters is 2. The SMILES string of the molecule is CC.CCCCC(CC)COC(=O)c1cccc(C(=O)OCC(CC)CCCC)n1. The summed E-state index contributed by atoms with van der Waals surface area (Å²) < 4.78 is 10.8. The van der Waals surface area contributed by atoms with E-state index in [1.165, 1.54) is 0 Å². The van der Waals surface area contributed by atoms with Gasteiger partial charge in [-0.25, -0.2) is 14.6 Å². The summed E-state index contributed by atoms with van der Waals surface area (Å²) >= 11 is 0. The van der Waals surface area contributed by atoms with Crippen molar-refractivity contribution in [1.29, 1.82) is 0 Å². The normalized spacial score (nSPS) is 12.3. The Morgan fingerprint density at radius 2 is 1.20 bits per heavy atom. The minimum atomic E-state index is -0.487. The molecule has 0 aliphatic heterocycles. The van der Waals surface area contributed by atoms with Gasteiger partial charge in [-0.3, -0.25) is 0 Å². The van der Waals surface area contributed by atoms with Gasteiger partial charge < -0.3 is 9.47 Å².